The summed E-state index contributed by atoms with van der Waals surface area (Å²) >= 11 is 0. The minimum atomic E-state index is 0.240. The van der Waals surface area contributed by atoms with Gasteiger partial charge in [-0.2, -0.15) is 0 Å². The molecule has 1 amide bonds. The summed E-state index contributed by atoms with van der Waals surface area (Å²) in [7, 11) is 0. The molecule has 0 bridgehead atoms. The van der Waals surface area contributed by atoms with Gasteiger partial charge in [-0.15, -0.1) is 0 Å². The van der Waals surface area contributed by atoms with Gasteiger partial charge in [0.1, 0.15) is 0 Å². The number of carbonyl (C=O) groups is 1. The highest BCUT2D eigenvalue weighted by atomic mass is 16.2. The number of hydrogen-bond donors (Lipinski definition) is 1. The fraction of sp³-hybridized carbons (Fsp3) is 0.917. The first-order valence-electron chi connectivity index (χ1n) is 6.29. The van der Waals surface area contributed by atoms with E-state index in [0.717, 1.165) is 45.4 Å². The molecule has 1 fully saturated rings. The van der Waals surface area contributed by atoms with Gasteiger partial charge in [0.15, 0.2) is 0 Å². The molecule has 1 rings (SSSR count). The SMILES string of the molecule is CCC(CC)C(=O)N1CCCCNCC1. The van der Waals surface area contributed by atoms with Crippen LogP contribution in [0.2, 0.25) is 0 Å². The van der Waals surface area contributed by atoms with Crippen molar-refractivity contribution in [3.05, 3.63) is 0 Å². The Kier molecular flexibility index (Phi) is 5.69. The Morgan fingerprint density at radius 3 is 2.60 bits per heavy atom. The summed E-state index contributed by atoms with van der Waals surface area (Å²) in [5.74, 6) is 0.605. The van der Waals surface area contributed by atoms with Crippen molar-refractivity contribution in [2.24, 2.45) is 5.92 Å². The molecule has 0 atom stereocenters. The number of rotatable bonds is 3. The van der Waals surface area contributed by atoms with E-state index in [-0.39, 0.29) is 5.92 Å². The Labute approximate surface area is 93.2 Å². The standard InChI is InChI=1S/C12H24N2O/c1-3-11(4-2)12(15)14-9-6-5-7-13-8-10-14/h11,13H,3-10H2,1-2H3. The topological polar surface area (TPSA) is 32.3 Å². The van der Waals surface area contributed by atoms with Crippen molar-refractivity contribution >= 4 is 5.91 Å². The Morgan fingerprint density at radius 2 is 1.93 bits per heavy atom. The normalized spacial score (nSPS) is 18.7. The minimum absolute atomic E-state index is 0.240. The second kappa shape index (κ2) is 6.83. The molecule has 1 saturated heterocycles. The van der Waals surface area contributed by atoms with Crippen LogP contribution in [0.5, 0.6) is 0 Å². The fourth-order valence-corrected chi connectivity index (χ4v) is 2.12. The van der Waals surface area contributed by atoms with Crippen molar-refractivity contribution in [3.8, 4) is 0 Å². The first-order chi connectivity index (χ1) is 7.29. The quantitative estimate of drug-likeness (QED) is 0.771. The molecule has 0 aliphatic carbocycles. The first-order valence-corrected chi connectivity index (χ1v) is 6.29. The third-order valence-corrected chi connectivity index (χ3v) is 3.24. The van der Waals surface area contributed by atoms with Crippen LogP contribution in [0, 0.1) is 5.92 Å². The van der Waals surface area contributed by atoms with Crippen molar-refractivity contribution in [1.29, 1.82) is 0 Å². The summed E-state index contributed by atoms with van der Waals surface area (Å²) in [5.41, 5.74) is 0. The predicted molar refractivity (Wildman–Crippen MR) is 62.8 cm³/mol. The van der Waals surface area contributed by atoms with E-state index < -0.39 is 0 Å². The number of carbonyl (C=O) groups excluding carboxylic acids is 1. The predicted octanol–water partition coefficient (Wildman–Crippen LogP) is 1.63. The number of hydrogen-bond acceptors (Lipinski definition) is 2. The van der Waals surface area contributed by atoms with Gasteiger partial charge in [0, 0.05) is 25.6 Å². The Morgan fingerprint density at radius 1 is 1.20 bits per heavy atom. The molecule has 1 heterocycles. The molecule has 1 aliphatic heterocycles. The highest BCUT2D eigenvalue weighted by Gasteiger charge is 2.21. The second-order valence-corrected chi connectivity index (χ2v) is 4.30. The van der Waals surface area contributed by atoms with Gasteiger partial charge in [0.25, 0.3) is 0 Å². The third-order valence-electron chi connectivity index (χ3n) is 3.24. The van der Waals surface area contributed by atoms with Gasteiger partial charge in [0.2, 0.25) is 5.91 Å². The molecule has 0 saturated carbocycles. The Bertz CT molecular complexity index is 182. The molecule has 88 valence electrons. The highest BCUT2D eigenvalue weighted by molar-refractivity contribution is 5.78. The van der Waals surface area contributed by atoms with Crippen LogP contribution >= 0.6 is 0 Å². The average Bonchev–Trinajstić information content (AvgIpc) is 2.18. The van der Waals surface area contributed by atoms with E-state index in [4.69, 9.17) is 0 Å². The van der Waals surface area contributed by atoms with E-state index in [1.807, 2.05) is 4.90 Å². The van der Waals surface area contributed by atoms with E-state index >= 15 is 0 Å². The molecule has 0 aromatic carbocycles. The lowest BCUT2D eigenvalue weighted by atomic mass is 10.0. The molecule has 0 spiro atoms. The van der Waals surface area contributed by atoms with Gasteiger partial charge in [-0.05, 0) is 32.2 Å². The molecule has 0 aromatic heterocycles. The molecular formula is C12H24N2O. The maximum atomic E-state index is 12.1. The lowest BCUT2D eigenvalue weighted by Gasteiger charge is -2.28. The van der Waals surface area contributed by atoms with Crippen LogP contribution in [0.3, 0.4) is 0 Å². The largest absolute Gasteiger partial charge is 0.341 e. The zero-order valence-electron chi connectivity index (χ0n) is 10.1. The van der Waals surface area contributed by atoms with Crippen LogP contribution in [0.25, 0.3) is 0 Å². The lowest BCUT2D eigenvalue weighted by molar-refractivity contribution is -0.136. The Hall–Kier alpha value is -0.570. The molecule has 0 aromatic rings. The second-order valence-electron chi connectivity index (χ2n) is 4.30. The average molecular weight is 212 g/mol. The molecular weight excluding hydrogens is 188 g/mol. The summed E-state index contributed by atoms with van der Waals surface area (Å²) in [5, 5.41) is 3.35. The number of nitrogens with one attached hydrogen (secondary N) is 1. The zero-order valence-corrected chi connectivity index (χ0v) is 10.1. The molecule has 3 nitrogen and oxygen atoms in total. The monoisotopic (exact) mass is 212 g/mol. The minimum Gasteiger partial charge on any atom is -0.341 e. The van der Waals surface area contributed by atoms with Gasteiger partial charge >= 0.3 is 0 Å². The maximum Gasteiger partial charge on any atom is 0.225 e. The summed E-state index contributed by atoms with van der Waals surface area (Å²) in [4.78, 5) is 14.2. The molecule has 1 N–H and O–H groups in total. The van der Waals surface area contributed by atoms with Crippen LogP contribution in [-0.4, -0.2) is 37.0 Å². The van der Waals surface area contributed by atoms with Crippen LogP contribution in [0.1, 0.15) is 39.5 Å². The first kappa shape index (κ1) is 12.5. The van der Waals surface area contributed by atoms with E-state index in [1.165, 1.54) is 6.42 Å². The fourth-order valence-electron chi connectivity index (χ4n) is 2.12. The van der Waals surface area contributed by atoms with Crippen LogP contribution in [0.15, 0.2) is 0 Å². The Balaban J connectivity index is 2.47. The summed E-state index contributed by atoms with van der Waals surface area (Å²) in [6, 6.07) is 0. The summed E-state index contributed by atoms with van der Waals surface area (Å²) in [6.07, 6.45) is 4.27. The lowest BCUT2D eigenvalue weighted by Crippen LogP contribution is -2.42. The molecule has 1 aliphatic rings. The molecule has 3 heteroatoms. The van der Waals surface area contributed by atoms with Crippen molar-refractivity contribution in [2.45, 2.75) is 39.5 Å². The highest BCUT2D eigenvalue weighted by Crippen LogP contribution is 2.12. The van der Waals surface area contributed by atoms with Gasteiger partial charge in [-0.3, -0.25) is 4.79 Å². The van der Waals surface area contributed by atoms with Crippen molar-refractivity contribution in [2.75, 3.05) is 26.2 Å². The van der Waals surface area contributed by atoms with E-state index in [1.54, 1.807) is 0 Å². The number of nitrogens with zero attached hydrogens (tertiary/aromatic N) is 1. The number of amides is 1. The van der Waals surface area contributed by atoms with E-state index in [9.17, 15) is 4.79 Å². The molecule has 0 unspecified atom stereocenters. The van der Waals surface area contributed by atoms with Crippen LogP contribution in [0.4, 0.5) is 0 Å². The van der Waals surface area contributed by atoms with Crippen molar-refractivity contribution in [3.63, 3.8) is 0 Å². The summed E-state index contributed by atoms with van der Waals surface area (Å²) in [6.45, 7) is 8.11. The third kappa shape index (κ3) is 3.82. The maximum absolute atomic E-state index is 12.1. The smallest absolute Gasteiger partial charge is 0.225 e. The van der Waals surface area contributed by atoms with Crippen LogP contribution < -0.4 is 5.32 Å². The van der Waals surface area contributed by atoms with E-state index in [0.29, 0.717) is 5.91 Å². The summed E-state index contributed by atoms with van der Waals surface area (Å²) < 4.78 is 0. The van der Waals surface area contributed by atoms with Crippen LogP contribution in [-0.2, 0) is 4.79 Å². The van der Waals surface area contributed by atoms with E-state index in [2.05, 4.69) is 19.2 Å². The van der Waals surface area contributed by atoms with Gasteiger partial charge in [0.05, 0.1) is 0 Å². The zero-order chi connectivity index (χ0) is 11.1. The van der Waals surface area contributed by atoms with Gasteiger partial charge in [-0.1, -0.05) is 13.8 Å². The van der Waals surface area contributed by atoms with Crippen molar-refractivity contribution in [1.82, 2.24) is 10.2 Å². The molecule has 0 radical (unpaired) electrons. The van der Waals surface area contributed by atoms with Crippen molar-refractivity contribution < 1.29 is 4.79 Å². The molecule has 15 heavy (non-hydrogen) atoms. The van der Waals surface area contributed by atoms with Gasteiger partial charge < -0.3 is 10.2 Å². The van der Waals surface area contributed by atoms with Gasteiger partial charge in [-0.25, -0.2) is 0 Å².